The van der Waals surface area contributed by atoms with E-state index in [1.807, 2.05) is 32.9 Å². The van der Waals surface area contributed by atoms with Crippen LogP contribution >= 0.6 is 0 Å². The number of likely N-dealkylation sites (N-methyl/N-ethyl adjacent to an activating group) is 1. The fraction of sp³-hybridized carbons (Fsp3) is 0.444. The zero-order valence-electron chi connectivity index (χ0n) is 14.1. The molecule has 2 rings (SSSR count). The van der Waals surface area contributed by atoms with Crippen LogP contribution in [0, 0.1) is 0 Å². The van der Waals surface area contributed by atoms with Gasteiger partial charge >= 0.3 is 0 Å². The molecule has 0 spiro atoms. The number of phenols is 1. The van der Waals surface area contributed by atoms with Crippen LogP contribution in [-0.2, 0) is 16.1 Å². The summed E-state index contributed by atoms with van der Waals surface area (Å²) in [5, 5.41) is 13.0. The van der Waals surface area contributed by atoms with Gasteiger partial charge in [-0.3, -0.25) is 14.5 Å². The lowest BCUT2D eigenvalue weighted by Gasteiger charge is -2.18. The summed E-state index contributed by atoms with van der Waals surface area (Å²) in [5.41, 5.74) is 3.95. The maximum atomic E-state index is 12.2. The molecule has 0 unspecified atom stereocenters. The van der Waals surface area contributed by atoms with E-state index in [0.29, 0.717) is 12.1 Å². The van der Waals surface area contributed by atoms with Gasteiger partial charge in [-0.2, -0.15) is 0 Å². The van der Waals surface area contributed by atoms with Crippen molar-refractivity contribution in [1.82, 2.24) is 10.2 Å². The monoisotopic (exact) mass is 316 g/mol. The van der Waals surface area contributed by atoms with Gasteiger partial charge < -0.3 is 10.4 Å². The Morgan fingerprint density at radius 1 is 1.35 bits per heavy atom. The predicted molar refractivity (Wildman–Crippen MR) is 89.9 cm³/mol. The average molecular weight is 316 g/mol. The number of hydrogen-bond donors (Lipinski definition) is 2. The second-order valence-electron chi connectivity index (χ2n) is 6.36. The molecule has 1 aromatic carbocycles. The van der Waals surface area contributed by atoms with Gasteiger partial charge in [-0.15, -0.1) is 0 Å². The second-order valence-corrected chi connectivity index (χ2v) is 6.36. The van der Waals surface area contributed by atoms with Crippen LogP contribution in [0.4, 0.5) is 0 Å². The summed E-state index contributed by atoms with van der Waals surface area (Å²) in [6.07, 6.45) is 0.257. The number of nitrogens with one attached hydrogen (secondary N) is 1. The Morgan fingerprint density at radius 2 is 2.04 bits per heavy atom. The Morgan fingerprint density at radius 3 is 2.57 bits per heavy atom. The highest BCUT2D eigenvalue weighted by Gasteiger charge is 2.32. The molecule has 0 bridgehead atoms. The van der Waals surface area contributed by atoms with E-state index < -0.39 is 6.04 Å². The van der Waals surface area contributed by atoms with Gasteiger partial charge in [0.2, 0.25) is 5.91 Å². The van der Waals surface area contributed by atoms with Gasteiger partial charge in [0, 0.05) is 18.5 Å². The first-order chi connectivity index (χ1) is 10.8. The number of aromatic hydroxyl groups is 1. The molecular weight excluding hydrogens is 292 g/mol. The van der Waals surface area contributed by atoms with Gasteiger partial charge in [0.1, 0.15) is 11.5 Å². The van der Waals surface area contributed by atoms with Gasteiger partial charge in [0.05, 0.1) is 12.6 Å². The summed E-state index contributed by atoms with van der Waals surface area (Å²) in [6, 6.07) is 5.07. The quantitative estimate of drug-likeness (QED) is 0.892. The average Bonchev–Trinajstić information content (AvgIpc) is 2.83. The maximum Gasteiger partial charge on any atom is 0.238 e. The van der Waals surface area contributed by atoms with E-state index in [2.05, 4.69) is 5.32 Å². The Bertz CT molecular complexity index is 660. The van der Waals surface area contributed by atoms with Crippen LogP contribution in [0.2, 0.25) is 0 Å². The van der Waals surface area contributed by atoms with E-state index >= 15 is 0 Å². The Kier molecular flexibility index (Phi) is 5.21. The Balaban J connectivity index is 2.03. The van der Waals surface area contributed by atoms with E-state index in [0.717, 1.165) is 11.1 Å². The molecule has 1 aliphatic heterocycles. The number of nitrogens with zero attached hydrogens (tertiary/aromatic N) is 1. The van der Waals surface area contributed by atoms with Crippen molar-refractivity contribution in [3.63, 3.8) is 0 Å². The Hall–Kier alpha value is -2.14. The molecule has 1 atom stereocenters. The standard InChI is InChI=1S/C18H24N2O3/c1-11(2)12(3)13-5-6-14(17(22)7-13)9-19-18(23)16-8-15(21)10-20(16)4/h5-7,16,22H,8-10H2,1-4H3,(H,19,23)/t16-/m0/s1. The first-order valence-electron chi connectivity index (χ1n) is 7.75. The van der Waals surface area contributed by atoms with Gasteiger partial charge in [0.15, 0.2) is 0 Å². The summed E-state index contributed by atoms with van der Waals surface area (Å²) in [7, 11) is 1.77. The fourth-order valence-corrected chi connectivity index (χ4v) is 2.65. The van der Waals surface area contributed by atoms with Crippen molar-refractivity contribution < 1.29 is 14.7 Å². The molecule has 0 aliphatic carbocycles. The summed E-state index contributed by atoms with van der Waals surface area (Å²) in [5.74, 6) is 0.0682. The first kappa shape index (κ1) is 17.2. The number of hydrogen-bond acceptors (Lipinski definition) is 4. The zero-order valence-corrected chi connectivity index (χ0v) is 14.1. The van der Waals surface area contributed by atoms with Crippen LogP contribution in [0.1, 0.15) is 38.3 Å². The minimum absolute atomic E-state index is 0.0806. The third-order valence-electron chi connectivity index (χ3n) is 4.40. The molecule has 23 heavy (non-hydrogen) atoms. The number of amides is 1. The summed E-state index contributed by atoms with van der Waals surface area (Å²) >= 11 is 0. The van der Waals surface area contributed by atoms with Crippen LogP contribution < -0.4 is 5.32 Å². The number of carbonyl (C=O) groups is 2. The lowest BCUT2D eigenvalue weighted by Crippen LogP contribution is -2.41. The van der Waals surface area contributed by atoms with Crippen LogP contribution in [0.15, 0.2) is 23.8 Å². The number of benzene rings is 1. The summed E-state index contributed by atoms with van der Waals surface area (Å²) in [4.78, 5) is 25.3. The Labute approximate surface area is 137 Å². The minimum atomic E-state index is -0.406. The largest absolute Gasteiger partial charge is 0.508 e. The number of rotatable bonds is 4. The lowest BCUT2D eigenvalue weighted by atomic mass is 10.0. The highest BCUT2D eigenvalue weighted by atomic mass is 16.3. The highest BCUT2D eigenvalue weighted by Crippen LogP contribution is 2.25. The van der Waals surface area contributed by atoms with E-state index in [-0.39, 0.29) is 30.4 Å². The molecule has 1 saturated heterocycles. The number of ketones is 1. The molecule has 5 nitrogen and oxygen atoms in total. The van der Waals surface area contributed by atoms with Gasteiger partial charge in [-0.25, -0.2) is 0 Å². The smallest absolute Gasteiger partial charge is 0.238 e. The van der Waals surface area contributed by atoms with Crippen molar-refractivity contribution in [2.45, 2.75) is 39.8 Å². The van der Waals surface area contributed by atoms with E-state index in [1.54, 1.807) is 18.0 Å². The topological polar surface area (TPSA) is 69.6 Å². The molecule has 1 fully saturated rings. The number of likely N-dealkylation sites (tertiary alicyclic amines) is 1. The van der Waals surface area contributed by atoms with Crippen molar-refractivity contribution in [3.8, 4) is 5.75 Å². The van der Waals surface area contributed by atoms with Gasteiger partial charge in [0.25, 0.3) is 0 Å². The predicted octanol–water partition coefficient (Wildman–Crippen LogP) is 2.09. The number of phenolic OH excluding ortho intramolecular Hbond substituents is 1. The van der Waals surface area contributed by atoms with Gasteiger partial charge in [-0.1, -0.05) is 17.7 Å². The van der Waals surface area contributed by atoms with Crippen molar-refractivity contribution >= 4 is 17.3 Å². The number of allylic oxidation sites excluding steroid dienone is 2. The van der Waals surface area contributed by atoms with Gasteiger partial charge in [-0.05, 0) is 45.0 Å². The van der Waals surface area contributed by atoms with Crippen LogP contribution in [0.25, 0.3) is 5.57 Å². The number of carbonyl (C=O) groups excluding carboxylic acids is 2. The zero-order chi connectivity index (χ0) is 17.1. The number of Topliss-reactive ketones (excluding diaryl/α,β-unsaturated/α-hetero) is 1. The first-order valence-corrected chi connectivity index (χ1v) is 7.75. The molecular formula is C18H24N2O3. The van der Waals surface area contributed by atoms with Crippen LogP contribution in [0.5, 0.6) is 5.75 Å². The third kappa shape index (κ3) is 3.99. The van der Waals surface area contributed by atoms with Crippen LogP contribution in [0.3, 0.4) is 0 Å². The SMILES string of the molecule is CC(C)=C(C)c1ccc(CNC(=O)[C@@H]2CC(=O)CN2C)c(O)c1. The molecule has 0 radical (unpaired) electrons. The molecule has 1 amide bonds. The van der Waals surface area contributed by atoms with Crippen molar-refractivity contribution in [2.24, 2.45) is 0 Å². The molecule has 124 valence electrons. The maximum absolute atomic E-state index is 12.2. The second kappa shape index (κ2) is 6.96. The minimum Gasteiger partial charge on any atom is -0.508 e. The molecule has 1 aromatic rings. The van der Waals surface area contributed by atoms with Crippen molar-refractivity contribution in [2.75, 3.05) is 13.6 Å². The molecule has 1 aliphatic rings. The summed E-state index contributed by atoms with van der Waals surface area (Å²) < 4.78 is 0. The normalized spacial score (nSPS) is 18.1. The lowest BCUT2D eigenvalue weighted by molar-refractivity contribution is -0.125. The fourth-order valence-electron chi connectivity index (χ4n) is 2.65. The molecule has 0 saturated carbocycles. The summed E-state index contributed by atoms with van der Waals surface area (Å²) in [6.45, 7) is 6.63. The van der Waals surface area contributed by atoms with E-state index in [1.165, 1.54) is 5.57 Å². The van der Waals surface area contributed by atoms with E-state index in [4.69, 9.17) is 0 Å². The van der Waals surface area contributed by atoms with E-state index in [9.17, 15) is 14.7 Å². The molecule has 0 aromatic heterocycles. The molecule has 2 N–H and O–H groups in total. The van der Waals surface area contributed by atoms with Crippen molar-refractivity contribution in [1.29, 1.82) is 0 Å². The molecule has 5 heteroatoms. The third-order valence-corrected chi connectivity index (χ3v) is 4.40. The van der Waals surface area contributed by atoms with Crippen LogP contribution in [-0.4, -0.2) is 41.3 Å². The van der Waals surface area contributed by atoms with Crippen molar-refractivity contribution in [3.05, 3.63) is 34.9 Å². The highest BCUT2D eigenvalue weighted by molar-refractivity contribution is 5.93. The molecule has 1 heterocycles.